The first-order valence-corrected chi connectivity index (χ1v) is 7.22. The maximum atomic E-state index is 12.6. The van der Waals surface area contributed by atoms with Crippen LogP contribution in [0.15, 0.2) is 47.4 Å². The monoisotopic (exact) mass is 308 g/mol. The number of H-pyrrole nitrogens is 1. The summed E-state index contributed by atoms with van der Waals surface area (Å²) in [5, 5.41) is 6.44. The minimum Gasteiger partial charge on any atom is -0.344 e. The van der Waals surface area contributed by atoms with Crippen LogP contribution in [0.2, 0.25) is 0 Å². The Kier molecular flexibility index (Phi) is 3.89. The van der Waals surface area contributed by atoms with Crippen LogP contribution in [0.3, 0.4) is 0 Å². The molecule has 6 nitrogen and oxygen atoms in total. The summed E-state index contributed by atoms with van der Waals surface area (Å²) in [7, 11) is 1.85. The smallest absolute Gasteiger partial charge is 0.264 e. The summed E-state index contributed by atoms with van der Waals surface area (Å²) in [5.74, 6) is -0.114. The predicted octanol–water partition coefficient (Wildman–Crippen LogP) is 1.63. The first-order chi connectivity index (χ1) is 11.1. The Bertz CT molecular complexity index is 890. The zero-order valence-electron chi connectivity index (χ0n) is 12.9. The second-order valence-electron chi connectivity index (χ2n) is 5.35. The molecule has 116 valence electrons. The topological polar surface area (TPSA) is 80.6 Å². The molecule has 0 aromatic carbocycles. The molecule has 6 heteroatoms. The van der Waals surface area contributed by atoms with Crippen molar-refractivity contribution in [2.75, 3.05) is 0 Å². The molecule has 3 rings (SSSR count). The number of carbonyl (C=O) groups excluding carboxylic acids is 1. The number of hydrogen-bond acceptors (Lipinski definition) is 4. The van der Waals surface area contributed by atoms with E-state index in [0.717, 1.165) is 17.0 Å². The molecule has 0 aliphatic heterocycles. The zero-order valence-corrected chi connectivity index (χ0v) is 12.9. The molecular formula is C17H16N4O2. The summed E-state index contributed by atoms with van der Waals surface area (Å²) in [6, 6.07) is 10.3. The van der Waals surface area contributed by atoms with Gasteiger partial charge in [0.2, 0.25) is 5.78 Å². The number of rotatable bonds is 4. The molecule has 3 aromatic rings. The van der Waals surface area contributed by atoms with Gasteiger partial charge in [0.05, 0.1) is 11.4 Å². The Morgan fingerprint density at radius 2 is 2.09 bits per heavy atom. The number of aromatic nitrogens is 4. The maximum Gasteiger partial charge on any atom is 0.264 e. The predicted molar refractivity (Wildman–Crippen MR) is 85.5 cm³/mol. The van der Waals surface area contributed by atoms with E-state index in [1.54, 1.807) is 30.5 Å². The highest BCUT2D eigenvalue weighted by Crippen LogP contribution is 2.19. The van der Waals surface area contributed by atoms with Crippen molar-refractivity contribution in [1.82, 2.24) is 19.7 Å². The molecule has 0 aliphatic carbocycles. The minimum atomic E-state index is -0.233. The molecule has 0 unspecified atom stereocenters. The molecule has 3 heterocycles. The Hall–Kier alpha value is -3.02. The highest BCUT2D eigenvalue weighted by atomic mass is 16.1. The third-order valence-electron chi connectivity index (χ3n) is 3.79. The summed E-state index contributed by atoms with van der Waals surface area (Å²) in [5.41, 5.74) is 3.49. The third-order valence-corrected chi connectivity index (χ3v) is 3.79. The van der Waals surface area contributed by atoms with Crippen molar-refractivity contribution in [2.24, 2.45) is 7.05 Å². The number of carbonyl (C=O) groups is 1. The lowest BCUT2D eigenvalue weighted by molar-refractivity contribution is 0.102. The summed E-state index contributed by atoms with van der Waals surface area (Å²) < 4.78 is 1.86. The second kappa shape index (κ2) is 6.00. The normalized spacial score (nSPS) is 10.7. The molecule has 23 heavy (non-hydrogen) atoms. The molecule has 0 saturated carbocycles. The summed E-state index contributed by atoms with van der Waals surface area (Å²) in [6.07, 6.45) is 2.14. The first-order valence-electron chi connectivity index (χ1n) is 7.22. The Morgan fingerprint density at radius 3 is 2.74 bits per heavy atom. The molecule has 0 bridgehead atoms. The van der Waals surface area contributed by atoms with Crippen molar-refractivity contribution in [1.29, 1.82) is 0 Å². The van der Waals surface area contributed by atoms with Crippen LogP contribution < -0.4 is 5.56 Å². The minimum absolute atomic E-state index is 0.114. The largest absolute Gasteiger partial charge is 0.344 e. The summed E-state index contributed by atoms with van der Waals surface area (Å²) >= 11 is 0. The van der Waals surface area contributed by atoms with Crippen molar-refractivity contribution >= 4 is 5.78 Å². The molecule has 0 fully saturated rings. The fraction of sp³-hybridized carbons (Fsp3) is 0.176. The van der Waals surface area contributed by atoms with Crippen LogP contribution in [0.1, 0.15) is 33.1 Å². The van der Waals surface area contributed by atoms with Gasteiger partial charge in [0.25, 0.3) is 5.56 Å². The number of nitrogens with one attached hydrogen (secondary N) is 1. The number of aromatic amines is 1. The number of nitrogens with zero attached hydrogens (tertiary/aromatic N) is 3. The maximum absolute atomic E-state index is 12.6. The van der Waals surface area contributed by atoms with E-state index < -0.39 is 0 Å². The average Bonchev–Trinajstić information content (AvgIpc) is 2.85. The van der Waals surface area contributed by atoms with Crippen LogP contribution >= 0.6 is 0 Å². The quantitative estimate of drug-likeness (QED) is 0.743. The fourth-order valence-electron chi connectivity index (χ4n) is 2.54. The molecule has 0 amide bonds. The molecule has 3 aromatic heterocycles. The second-order valence-corrected chi connectivity index (χ2v) is 5.35. The van der Waals surface area contributed by atoms with Crippen LogP contribution in [-0.4, -0.2) is 25.5 Å². The van der Waals surface area contributed by atoms with Gasteiger partial charge in [-0.3, -0.25) is 14.6 Å². The van der Waals surface area contributed by atoms with Gasteiger partial charge in [0.1, 0.15) is 5.69 Å². The van der Waals surface area contributed by atoms with E-state index in [0.29, 0.717) is 17.8 Å². The van der Waals surface area contributed by atoms with Gasteiger partial charge in [0.15, 0.2) is 0 Å². The molecule has 0 radical (unpaired) electrons. The number of pyridine rings is 1. The highest BCUT2D eigenvalue weighted by Gasteiger charge is 2.18. The molecule has 0 atom stereocenters. The van der Waals surface area contributed by atoms with E-state index in [1.165, 1.54) is 6.07 Å². The van der Waals surface area contributed by atoms with Crippen LogP contribution in [0.25, 0.3) is 0 Å². The lowest BCUT2D eigenvalue weighted by Gasteiger charge is -2.07. The Labute approximate surface area is 132 Å². The van der Waals surface area contributed by atoms with Crippen molar-refractivity contribution in [3.05, 3.63) is 81.3 Å². The van der Waals surface area contributed by atoms with E-state index in [1.807, 2.05) is 24.6 Å². The van der Waals surface area contributed by atoms with Gasteiger partial charge in [-0.25, -0.2) is 5.10 Å². The van der Waals surface area contributed by atoms with E-state index in [2.05, 4.69) is 15.2 Å². The van der Waals surface area contributed by atoms with Gasteiger partial charge < -0.3 is 4.57 Å². The van der Waals surface area contributed by atoms with Gasteiger partial charge in [-0.05, 0) is 36.8 Å². The van der Waals surface area contributed by atoms with Crippen molar-refractivity contribution in [2.45, 2.75) is 13.3 Å². The highest BCUT2D eigenvalue weighted by molar-refractivity contribution is 6.06. The lowest BCUT2D eigenvalue weighted by atomic mass is 10.1. The molecular weight excluding hydrogens is 292 g/mol. The molecule has 0 saturated heterocycles. The Morgan fingerprint density at radius 1 is 1.26 bits per heavy atom. The van der Waals surface area contributed by atoms with Gasteiger partial charge in [-0.15, -0.1) is 0 Å². The standard InChI is InChI=1S/C17H16N4O2/c1-11-9-15(17(23)13-5-3-4-8-18-13)21(2)14(11)10-12-6-7-16(22)20-19-12/h3-9H,10H2,1-2H3,(H,20,22). The van der Waals surface area contributed by atoms with E-state index in [4.69, 9.17) is 0 Å². The van der Waals surface area contributed by atoms with Crippen molar-refractivity contribution in [3.63, 3.8) is 0 Å². The van der Waals surface area contributed by atoms with Crippen LogP contribution in [0, 0.1) is 6.92 Å². The number of hydrogen-bond donors (Lipinski definition) is 1. The van der Waals surface area contributed by atoms with Crippen molar-refractivity contribution in [3.8, 4) is 0 Å². The summed E-state index contributed by atoms with van der Waals surface area (Å²) in [6.45, 7) is 1.95. The number of ketones is 1. The average molecular weight is 308 g/mol. The zero-order chi connectivity index (χ0) is 16.4. The van der Waals surface area contributed by atoms with Crippen molar-refractivity contribution < 1.29 is 4.79 Å². The third kappa shape index (κ3) is 2.96. The molecule has 0 aliphatic rings. The van der Waals surface area contributed by atoms with Gasteiger partial charge in [-0.1, -0.05) is 6.07 Å². The lowest BCUT2D eigenvalue weighted by Crippen LogP contribution is -2.12. The van der Waals surface area contributed by atoms with Gasteiger partial charge in [-0.2, -0.15) is 5.10 Å². The SMILES string of the molecule is Cc1cc(C(=O)c2ccccn2)n(C)c1Cc1ccc(=O)[nH]n1. The van der Waals surface area contributed by atoms with E-state index in [9.17, 15) is 9.59 Å². The molecule has 0 spiro atoms. The van der Waals surface area contributed by atoms with Gasteiger partial charge >= 0.3 is 0 Å². The van der Waals surface area contributed by atoms with Gasteiger partial charge in [0, 0.05) is 31.4 Å². The van der Waals surface area contributed by atoms with E-state index >= 15 is 0 Å². The number of aryl methyl sites for hydroxylation is 1. The fourth-order valence-corrected chi connectivity index (χ4v) is 2.54. The first kappa shape index (κ1) is 14.9. The van der Waals surface area contributed by atoms with Crippen LogP contribution in [-0.2, 0) is 13.5 Å². The Balaban J connectivity index is 1.95. The molecule has 1 N–H and O–H groups in total. The van der Waals surface area contributed by atoms with E-state index in [-0.39, 0.29) is 11.3 Å². The summed E-state index contributed by atoms with van der Waals surface area (Å²) in [4.78, 5) is 27.8. The van der Waals surface area contributed by atoms with Crippen LogP contribution in [0.4, 0.5) is 0 Å². The van der Waals surface area contributed by atoms with Crippen LogP contribution in [0.5, 0.6) is 0 Å².